The molecule has 0 saturated carbocycles. The van der Waals surface area contributed by atoms with Crippen LogP contribution >= 0.6 is 23.2 Å². The lowest BCUT2D eigenvalue weighted by Crippen LogP contribution is -2.35. The van der Waals surface area contributed by atoms with E-state index in [0.717, 1.165) is 6.20 Å². The van der Waals surface area contributed by atoms with E-state index in [1.807, 2.05) is 6.07 Å². The topological polar surface area (TPSA) is 109 Å². The maximum absolute atomic E-state index is 13.3. The van der Waals surface area contributed by atoms with Gasteiger partial charge in [0.05, 0.1) is 39.8 Å². The maximum atomic E-state index is 13.3. The number of aromatic nitrogens is 3. The number of amides is 2. The molecule has 2 aromatic carbocycles. The molecule has 0 aliphatic heterocycles. The van der Waals surface area contributed by atoms with E-state index >= 15 is 0 Å². The summed E-state index contributed by atoms with van der Waals surface area (Å²) in [5.41, 5.74) is 1.47. The Morgan fingerprint density at radius 3 is 2.47 bits per heavy atom. The van der Waals surface area contributed by atoms with Gasteiger partial charge in [-0.05, 0) is 43.3 Å². The van der Waals surface area contributed by atoms with E-state index < -0.39 is 23.7 Å². The van der Waals surface area contributed by atoms with Crippen molar-refractivity contribution in [2.45, 2.75) is 13.0 Å². The van der Waals surface area contributed by atoms with E-state index in [2.05, 4.69) is 20.7 Å². The third-order valence-corrected chi connectivity index (χ3v) is 5.77. The molecule has 184 valence electrons. The van der Waals surface area contributed by atoms with E-state index in [0.29, 0.717) is 16.9 Å². The average molecular weight is 528 g/mol. The van der Waals surface area contributed by atoms with Gasteiger partial charge in [0.1, 0.15) is 11.6 Å². The third kappa shape index (κ3) is 5.54. The summed E-state index contributed by atoms with van der Waals surface area (Å²) < 4.78 is 14.7. The Labute approximate surface area is 215 Å². The van der Waals surface area contributed by atoms with Gasteiger partial charge in [-0.2, -0.15) is 5.10 Å². The Hall–Kier alpha value is -3.79. The zero-order valence-corrected chi connectivity index (χ0v) is 20.4. The van der Waals surface area contributed by atoms with Gasteiger partial charge in [0, 0.05) is 17.7 Å². The fourth-order valence-electron chi connectivity index (χ4n) is 3.33. The van der Waals surface area contributed by atoms with Crippen LogP contribution in [0.2, 0.25) is 10.0 Å². The van der Waals surface area contributed by atoms with Gasteiger partial charge in [-0.25, -0.2) is 9.07 Å². The van der Waals surface area contributed by atoms with Crippen molar-refractivity contribution in [2.75, 3.05) is 11.9 Å². The van der Waals surface area contributed by atoms with Crippen molar-refractivity contribution >= 4 is 40.8 Å². The fraction of sp³-hybridized carbons (Fsp3) is 0.120. The number of anilines is 1. The summed E-state index contributed by atoms with van der Waals surface area (Å²) in [6.45, 7) is 1.40. The first-order valence-electron chi connectivity index (χ1n) is 10.8. The third-order valence-electron chi connectivity index (χ3n) is 5.14. The molecule has 8 nitrogen and oxygen atoms in total. The Morgan fingerprint density at radius 1 is 1.06 bits per heavy atom. The predicted molar refractivity (Wildman–Crippen MR) is 135 cm³/mol. The quantitative estimate of drug-likeness (QED) is 0.321. The molecular weight excluding hydrogens is 508 g/mol. The molecule has 0 radical (unpaired) electrons. The molecular formula is C25H20Cl2FN5O3. The van der Waals surface area contributed by atoms with Crippen molar-refractivity contribution in [1.82, 2.24) is 20.1 Å². The lowest BCUT2D eigenvalue weighted by atomic mass is 10.1. The smallest absolute Gasteiger partial charge is 0.272 e. The second kappa shape index (κ2) is 10.9. The molecule has 0 unspecified atom stereocenters. The minimum absolute atomic E-state index is 0.0351. The highest BCUT2D eigenvalue weighted by atomic mass is 35.5. The number of hydrogen-bond acceptors (Lipinski definition) is 5. The SMILES string of the molecule is C[C@@H](CO)NC(=O)c1cc(NC(=O)c2cc(-c3ccc(F)cn3)c(Cl)cc2Cl)n(-c2ccccc2)n1. The van der Waals surface area contributed by atoms with Crippen molar-refractivity contribution in [3.8, 4) is 16.9 Å². The van der Waals surface area contributed by atoms with Gasteiger partial charge >= 0.3 is 0 Å². The number of nitrogens with one attached hydrogen (secondary N) is 2. The van der Waals surface area contributed by atoms with Crippen LogP contribution in [-0.2, 0) is 0 Å². The van der Waals surface area contributed by atoms with Crippen molar-refractivity contribution in [2.24, 2.45) is 0 Å². The molecule has 0 saturated heterocycles. The van der Waals surface area contributed by atoms with Crippen molar-refractivity contribution in [1.29, 1.82) is 0 Å². The Kier molecular flexibility index (Phi) is 7.64. The van der Waals surface area contributed by atoms with Crippen LogP contribution in [0.1, 0.15) is 27.8 Å². The number of benzene rings is 2. The summed E-state index contributed by atoms with van der Waals surface area (Å²) in [6.07, 6.45) is 1.04. The predicted octanol–water partition coefficient (Wildman–Crippen LogP) is 4.74. The van der Waals surface area contributed by atoms with Crippen LogP contribution in [0, 0.1) is 5.82 Å². The summed E-state index contributed by atoms with van der Waals surface area (Å²) >= 11 is 12.6. The van der Waals surface area contributed by atoms with Gasteiger partial charge in [-0.1, -0.05) is 41.4 Å². The van der Waals surface area contributed by atoms with Crippen LogP contribution in [0.3, 0.4) is 0 Å². The van der Waals surface area contributed by atoms with Gasteiger partial charge in [-0.15, -0.1) is 0 Å². The lowest BCUT2D eigenvalue weighted by molar-refractivity contribution is 0.0916. The molecule has 0 aliphatic rings. The first-order valence-corrected chi connectivity index (χ1v) is 11.5. The summed E-state index contributed by atoms with van der Waals surface area (Å²) in [6, 6.07) is 15.4. The minimum Gasteiger partial charge on any atom is -0.394 e. The second-order valence-corrected chi connectivity index (χ2v) is 8.66. The number of carbonyl (C=O) groups is 2. The molecule has 2 heterocycles. The van der Waals surface area contributed by atoms with Crippen LogP contribution in [0.5, 0.6) is 0 Å². The molecule has 3 N–H and O–H groups in total. The second-order valence-electron chi connectivity index (χ2n) is 7.85. The average Bonchev–Trinajstić information content (AvgIpc) is 3.29. The first kappa shape index (κ1) is 25.3. The molecule has 1 atom stereocenters. The molecule has 2 amide bonds. The monoisotopic (exact) mass is 527 g/mol. The molecule has 4 rings (SSSR count). The van der Waals surface area contributed by atoms with Crippen LogP contribution in [0.15, 0.2) is 66.9 Å². The zero-order valence-electron chi connectivity index (χ0n) is 18.9. The van der Waals surface area contributed by atoms with Gasteiger partial charge < -0.3 is 15.7 Å². The highest BCUT2D eigenvalue weighted by Crippen LogP contribution is 2.32. The maximum Gasteiger partial charge on any atom is 0.272 e. The van der Waals surface area contributed by atoms with E-state index in [-0.39, 0.29) is 33.7 Å². The van der Waals surface area contributed by atoms with Crippen molar-refractivity contribution in [3.05, 3.63) is 94.0 Å². The fourth-order valence-corrected chi connectivity index (χ4v) is 3.89. The van der Waals surface area contributed by atoms with Crippen LogP contribution in [0.25, 0.3) is 16.9 Å². The van der Waals surface area contributed by atoms with Crippen molar-refractivity contribution < 1.29 is 19.1 Å². The lowest BCUT2D eigenvalue weighted by Gasteiger charge is -2.12. The number of hydrogen-bond donors (Lipinski definition) is 3. The number of halogens is 3. The molecule has 0 fully saturated rings. The van der Waals surface area contributed by atoms with Gasteiger partial charge in [0.15, 0.2) is 5.69 Å². The highest BCUT2D eigenvalue weighted by molar-refractivity contribution is 6.38. The normalized spacial score (nSPS) is 11.7. The zero-order chi connectivity index (χ0) is 25.8. The Morgan fingerprint density at radius 2 is 1.81 bits per heavy atom. The van der Waals surface area contributed by atoms with E-state index in [4.69, 9.17) is 23.2 Å². The number of para-hydroxylation sites is 1. The summed E-state index contributed by atoms with van der Waals surface area (Å²) in [7, 11) is 0. The molecule has 2 aromatic heterocycles. The molecule has 11 heteroatoms. The summed E-state index contributed by atoms with van der Waals surface area (Å²) in [4.78, 5) is 29.9. The van der Waals surface area contributed by atoms with Crippen LogP contribution < -0.4 is 10.6 Å². The van der Waals surface area contributed by atoms with E-state index in [1.54, 1.807) is 31.2 Å². The standard InChI is InChI=1S/C25H20Cl2FN5O3/c1-14(13-34)30-25(36)22-11-23(33(32-22)16-5-3-2-4-6-16)31-24(35)18-9-17(19(26)10-20(18)27)21-8-7-15(28)12-29-21/h2-12,14,34H,13H2,1H3,(H,30,36)(H,31,35)/t14-/m0/s1. The van der Waals surface area contributed by atoms with Gasteiger partial charge in [-0.3, -0.25) is 14.6 Å². The minimum atomic E-state index is -0.590. The molecule has 0 bridgehead atoms. The highest BCUT2D eigenvalue weighted by Gasteiger charge is 2.21. The Bertz CT molecular complexity index is 1410. The number of aliphatic hydroxyl groups excluding tert-OH is 1. The molecule has 36 heavy (non-hydrogen) atoms. The number of rotatable bonds is 7. The molecule has 4 aromatic rings. The van der Waals surface area contributed by atoms with E-state index in [9.17, 15) is 19.1 Å². The van der Waals surface area contributed by atoms with E-state index in [1.165, 1.54) is 35.0 Å². The largest absolute Gasteiger partial charge is 0.394 e. The number of aliphatic hydroxyl groups is 1. The first-order chi connectivity index (χ1) is 17.3. The summed E-state index contributed by atoms with van der Waals surface area (Å²) in [5, 5.41) is 19.3. The number of pyridine rings is 1. The van der Waals surface area contributed by atoms with Crippen molar-refractivity contribution in [3.63, 3.8) is 0 Å². The van der Waals surface area contributed by atoms with Gasteiger partial charge in [0.25, 0.3) is 11.8 Å². The number of carbonyl (C=O) groups excluding carboxylic acids is 2. The van der Waals surface area contributed by atoms with Gasteiger partial charge in [0.2, 0.25) is 0 Å². The summed E-state index contributed by atoms with van der Waals surface area (Å²) in [5.74, 6) is -1.41. The Balaban J connectivity index is 1.70. The van der Waals surface area contributed by atoms with Crippen LogP contribution in [0.4, 0.5) is 10.2 Å². The molecule has 0 spiro atoms. The molecule has 0 aliphatic carbocycles. The van der Waals surface area contributed by atoms with Crippen LogP contribution in [-0.4, -0.2) is 44.3 Å². The number of nitrogens with zero attached hydrogens (tertiary/aromatic N) is 3.